The second-order valence-corrected chi connectivity index (χ2v) is 4.66. The van der Waals surface area contributed by atoms with Crippen molar-refractivity contribution in [2.75, 3.05) is 5.73 Å². The molecule has 2 rings (SSSR count). The average Bonchev–Trinajstić information content (AvgIpc) is 2.41. The molecule has 1 aromatic heterocycles. The fourth-order valence-corrected chi connectivity index (χ4v) is 2.74. The van der Waals surface area contributed by atoms with E-state index in [1.165, 1.54) is 11.3 Å². The molecule has 0 bridgehead atoms. The third-order valence-electron chi connectivity index (χ3n) is 1.65. The molecular weight excluding hydrogens is 285 g/mol. The van der Waals surface area contributed by atoms with Crippen LogP contribution in [-0.2, 0) is 0 Å². The van der Waals surface area contributed by atoms with Crippen LogP contribution in [-0.4, -0.2) is 5.11 Å². The summed E-state index contributed by atoms with van der Waals surface area (Å²) in [4.78, 5) is 0. The van der Waals surface area contributed by atoms with E-state index in [0.29, 0.717) is 5.06 Å². The normalized spacial score (nSPS) is 10.8. The van der Waals surface area contributed by atoms with Crippen molar-refractivity contribution in [2.24, 2.45) is 0 Å². The molecule has 0 atom stereocenters. The van der Waals surface area contributed by atoms with E-state index in [4.69, 9.17) is 5.73 Å². The number of nitrogens with two attached hydrogens (primary N) is 1. The van der Waals surface area contributed by atoms with E-state index >= 15 is 0 Å². The van der Waals surface area contributed by atoms with Gasteiger partial charge < -0.3 is 10.8 Å². The number of nitrogen functional groups attached to an aromatic ring is 1. The summed E-state index contributed by atoms with van der Waals surface area (Å²) < 4.78 is 2.09. The number of hydrogen-bond acceptors (Lipinski definition) is 3. The maximum Gasteiger partial charge on any atom is 0.172 e. The Kier molecular flexibility index (Phi) is 1.88. The molecule has 0 aliphatic rings. The van der Waals surface area contributed by atoms with Crippen LogP contribution in [0.15, 0.2) is 18.2 Å². The van der Waals surface area contributed by atoms with Crippen LogP contribution in [0.3, 0.4) is 0 Å². The summed E-state index contributed by atoms with van der Waals surface area (Å²) in [6, 6.07) is 5.56. The number of fused-ring (bicyclic) bond motifs is 1. The van der Waals surface area contributed by atoms with Crippen molar-refractivity contribution in [3.05, 3.63) is 21.8 Å². The van der Waals surface area contributed by atoms with Gasteiger partial charge in [-0.3, -0.25) is 0 Å². The quantitative estimate of drug-likeness (QED) is 0.579. The molecule has 0 saturated carbocycles. The van der Waals surface area contributed by atoms with Gasteiger partial charge in [0, 0.05) is 20.7 Å². The molecular formula is C8H6INOS. The Morgan fingerprint density at radius 1 is 1.42 bits per heavy atom. The minimum atomic E-state index is 0.320. The van der Waals surface area contributed by atoms with E-state index in [1.807, 2.05) is 12.1 Å². The largest absolute Gasteiger partial charge is 0.499 e. The minimum absolute atomic E-state index is 0.320. The standard InChI is InChI=1S/C8H6INOS/c9-5-1-2-6(10)8-4(5)3-7(11)12-8/h1-3,11H,10H2. The first-order valence-corrected chi connectivity index (χ1v) is 5.24. The first-order valence-electron chi connectivity index (χ1n) is 3.35. The number of aromatic hydroxyl groups is 1. The van der Waals surface area contributed by atoms with Crippen LogP contribution in [0.1, 0.15) is 0 Å². The summed E-state index contributed by atoms with van der Waals surface area (Å²) >= 11 is 3.55. The summed E-state index contributed by atoms with van der Waals surface area (Å²) in [6.45, 7) is 0. The van der Waals surface area contributed by atoms with Gasteiger partial charge in [-0.15, -0.1) is 0 Å². The van der Waals surface area contributed by atoms with E-state index in [2.05, 4.69) is 22.6 Å². The molecule has 0 spiro atoms. The Morgan fingerprint density at radius 2 is 2.17 bits per heavy atom. The third kappa shape index (κ3) is 1.15. The summed E-state index contributed by atoms with van der Waals surface area (Å²) in [5, 5.41) is 10.6. The molecule has 0 saturated heterocycles. The number of benzene rings is 1. The highest BCUT2D eigenvalue weighted by atomic mass is 127. The van der Waals surface area contributed by atoms with Crippen molar-refractivity contribution in [3.8, 4) is 5.06 Å². The van der Waals surface area contributed by atoms with Gasteiger partial charge in [-0.1, -0.05) is 11.3 Å². The summed E-state index contributed by atoms with van der Waals surface area (Å²) in [5.41, 5.74) is 6.47. The second kappa shape index (κ2) is 2.77. The van der Waals surface area contributed by atoms with E-state index < -0.39 is 0 Å². The summed E-state index contributed by atoms with van der Waals surface area (Å²) in [6.07, 6.45) is 0. The van der Waals surface area contributed by atoms with Crippen LogP contribution in [0.25, 0.3) is 10.1 Å². The van der Waals surface area contributed by atoms with Crippen LogP contribution in [0.4, 0.5) is 5.69 Å². The maximum atomic E-state index is 9.26. The number of thiophene rings is 1. The zero-order valence-corrected chi connectivity index (χ0v) is 9.02. The van der Waals surface area contributed by atoms with Gasteiger partial charge in [-0.25, -0.2) is 0 Å². The first kappa shape index (κ1) is 8.12. The molecule has 0 radical (unpaired) electrons. The molecule has 0 amide bonds. The smallest absolute Gasteiger partial charge is 0.172 e. The average molecular weight is 291 g/mol. The molecule has 3 N–H and O–H groups in total. The highest BCUT2D eigenvalue weighted by Gasteiger charge is 2.06. The number of halogens is 1. The minimum Gasteiger partial charge on any atom is -0.499 e. The van der Waals surface area contributed by atoms with Crippen LogP contribution >= 0.6 is 33.9 Å². The Morgan fingerprint density at radius 3 is 2.83 bits per heavy atom. The number of hydrogen-bond donors (Lipinski definition) is 2. The van der Waals surface area contributed by atoms with Crippen molar-refractivity contribution in [1.29, 1.82) is 0 Å². The Bertz CT molecular complexity index is 399. The van der Waals surface area contributed by atoms with E-state index in [0.717, 1.165) is 19.3 Å². The van der Waals surface area contributed by atoms with Crippen molar-refractivity contribution in [1.82, 2.24) is 0 Å². The molecule has 0 fully saturated rings. The number of rotatable bonds is 0. The van der Waals surface area contributed by atoms with Gasteiger partial charge in [-0.05, 0) is 34.7 Å². The monoisotopic (exact) mass is 291 g/mol. The predicted octanol–water partition coefficient (Wildman–Crippen LogP) is 2.79. The van der Waals surface area contributed by atoms with E-state index in [-0.39, 0.29) is 0 Å². The molecule has 62 valence electrons. The lowest BCUT2D eigenvalue weighted by Gasteiger charge is -1.96. The third-order valence-corrected chi connectivity index (χ3v) is 3.58. The molecule has 1 heterocycles. The Labute approximate surface area is 87.1 Å². The molecule has 12 heavy (non-hydrogen) atoms. The van der Waals surface area contributed by atoms with Crippen molar-refractivity contribution >= 4 is 49.7 Å². The molecule has 4 heteroatoms. The van der Waals surface area contributed by atoms with Gasteiger partial charge in [-0.2, -0.15) is 0 Å². The van der Waals surface area contributed by atoms with Crippen LogP contribution in [0.5, 0.6) is 5.06 Å². The van der Waals surface area contributed by atoms with Gasteiger partial charge >= 0.3 is 0 Å². The number of anilines is 1. The molecule has 0 aliphatic carbocycles. The first-order chi connectivity index (χ1) is 5.68. The molecule has 1 aromatic carbocycles. The zero-order chi connectivity index (χ0) is 8.72. The topological polar surface area (TPSA) is 46.2 Å². The van der Waals surface area contributed by atoms with Gasteiger partial charge in [0.1, 0.15) is 0 Å². The lowest BCUT2D eigenvalue weighted by Crippen LogP contribution is -1.84. The summed E-state index contributed by atoms with van der Waals surface area (Å²) in [5.74, 6) is 0. The highest BCUT2D eigenvalue weighted by Crippen LogP contribution is 2.36. The molecule has 2 aromatic rings. The van der Waals surface area contributed by atoms with Crippen molar-refractivity contribution in [3.63, 3.8) is 0 Å². The zero-order valence-electron chi connectivity index (χ0n) is 6.04. The lowest BCUT2D eigenvalue weighted by molar-refractivity contribution is 0.491. The summed E-state index contributed by atoms with van der Waals surface area (Å²) in [7, 11) is 0. The predicted molar refractivity (Wildman–Crippen MR) is 60.6 cm³/mol. The lowest BCUT2D eigenvalue weighted by atomic mass is 10.2. The van der Waals surface area contributed by atoms with Gasteiger partial charge in [0.2, 0.25) is 0 Å². The van der Waals surface area contributed by atoms with Gasteiger partial charge in [0.05, 0.1) is 4.70 Å². The molecule has 0 unspecified atom stereocenters. The SMILES string of the molecule is Nc1ccc(I)c2cc(O)sc12. The Hall–Kier alpha value is -0.490. The second-order valence-electron chi connectivity index (χ2n) is 2.46. The fourth-order valence-electron chi connectivity index (χ4n) is 1.10. The van der Waals surface area contributed by atoms with Crippen LogP contribution in [0, 0.1) is 3.57 Å². The van der Waals surface area contributed by atoms with Gasteiger partial charge in [0.15, 0.2) is 5.06 Å². The van der Waals surface area contributed by atoms with Gasteiger partial charge in [0.25, 0.3) is 0 Å². The molecule has 0 aliphatic heterocycles. The van der Waals surface area contributed by atoms with E-state index in [1.54, 1.807) is 6.07 Å². The molecule has 2 nitrogen and oxygen atoms in total. The van der Waals surface area contributed by atoms with Crippen molar-refractivity contribution in [2.45, 2.75) is 0 Å². The highest BCUT2D eigenvalue weighted by molar-refractivity contribution is 14.1. The Balaban J connectivity index is 2.93. The van der Waals surface area contributed by atoms with E-state index in [9.17, 15) is 5.11 Å². The van der Waals surface area contributed by atoms with Crippen LogP contribution < -0.4 is 5.73 Å². The maximum absolute atomic E-state index is 9.26. The van der Waals surface area contributed by atoms with Crippen molar-refractivity contribution < 1.29 is 5.11 Å². The van der Waals surface area contributed by atoms with Crippen LogP contribution in [0.2, 0.25) is 0 Å². The fraction of sp³-hybridized carbons (Fsp3) is 0.